The molecule has 6 nitrogen and oxygen atoms in total. The summed E-state index contributed by atoms with van der Waals surface area (Å²) in [7, 11) is 1.63. The number of hydrogen-bond donors (Lipinski definition) is 0. The molecule has 0 aliphatic carbocycles. The summed E-state index contributed by atoms with van der Waals surface area (Å²) < 4.78 is 27.1. The summed E-state index contributed by atoms with van der Waals surface area (Å²) in [6, 6.07) is 20.4. The van der Waals surface area contributed by atoms with E-state index < -0.39 is 12.1 Å². The zero-order valence-electron chi connectivity index (χ0n) is 18.7. The molecule has 0 aromatic heterocycles. The van der Waals surface area contributed by atoms with Crippen LogP contribution in [0.2, 0.25) is 0 Å². The number of methoxy groups -OCH3 is 1. The number of carbonyl (C=O) groups excluding carboxylic acids is 1. The minimum Gasteiger partial charge on any atom is -0.473 e. The van der Waals surface area contributed by atoms with Crippen molar-refractivity contribution in [3.8, 4) is 16.9 Å². The van der Waals surface area contributed by atoms with E-state index in [1.54, 1.807) is 13.2 Å². The Hall–Kier alpha value is -3.19. The third-order valence-electron chi connectivity index (χ3n) is 5.31. The van der Waals surface area contributed by atoms with Crippen LogP contribution in [0.5, 0.6) is 5.75 Å². The van der Waals surface area contributed by atoms with Crippen molar-refractivity contribution in [2.24, 2.45) is 0 Å². The molecule has 0 spiro atoms. The molecule has 0 saturated carbocycles. The van der Waals surface area contributed by atoms with E-state index >= 15 is 0 Å². The Morgan fingerprint density at radius 1 is 0.848 bits per heavy atom. The molecule has 1 aliphatic heterocycles. The van der Waals surface area contributed by atoms with E-state index in [2.05, 4.69) is 24.3 Å². The Balaban J connectivity index is 1.37. The van der Waals surface area contributed by atoms with Crippen LogP contribution < -0.4 is 4.74 Å². The van der Waals surface area contributed by atoms with Gasteiger partial charge in [-0.05, 0) is 28.7 Å². The first-order chi connectivity index (χ1) is 16.3. The van der Waals surface area contributed by atoms with Crippen LogP contribution in [0.3, 0.4) is 0 Å². The fraction of sp³-hybridized carbons (Fsp3) is 0.296. The van der Waals surface area contributed by atoms with Crippen molar-refractivity contribution in [1.29, 1.82) is 0 Å². The van der Waals surface area contributed by atoms with Crippen molar-refractivity contribution in [2.75, 3.05) is 46.8 Å². The van der Waals surface area contributed by atoms with Crippen molar-refractivity contribution in [3.05, 3.63) is 72.3 Å². The van der Waals surface area contributed by atoms with E-state index in [4.69, 9.17) is 23.7 Å². The highest BCUT2D eigenvalue weighted by Crippen LogP contribution is 2.40. The Morgan fingerprint density at radius 2 is 1.52 bits per heavy atom. The van der Waals surface area contributed by atoms with Gasteiger partial charge in [-0.2, -0.15) is 0 Å². The second-order valence-corrected chi connectivity index (χ2v) is 7.54. The van der Waals surface area contributed by atoms with Crippen LogP contribution >= 0.6 is 0 Å². The number of ether oxygens (including phenoxy) is 5. The van der Waals surface area contributed by atoms with Gasteiger partial charge < -0.3 is 23.7 Å². The quantitative estimate of drug-likeness (QED) is 0.318. The Kier molecular flexibility index (Phi) is 8.09. The number of fused-ring (bicyclic) bond motifs is 3. The molecule has 0 amide bonds. The first kappa shape index (κ1) is 23.0. The largest absolute Gasteiger partial charge is 0.473 e. The molecule has 1 heterocycles. The number of carbonyl (C=O) groups is 1. The normalized spacial score (nSPS) is 14.6. The Bertz CT molecular complexity index is 1090. The second-order valence-electron chi connectivity index (χ2n) is 7.54. The van der Waals surface area contributed by atoms with Gasteiger partial charge in [-0.25, -0.2) is 4.79 Å². The standard InChI is InChI=1S/C27H28O6/c1-29-13-14-30-15-16-31-17-18-32-27(28)25-12-11-21-19-24(20-7-3-2-4-8-20)22-9-5-6-10-23(22)26(21)33-25/h2-12,19,25H,13-18H2,1H3. The molecule has 0 fully saturated rings. The van der Waals surface area contributed by atoms with E-state index in [9.17, 15) is 4.79 Å². The molecular weight excluding hydrogens is 420 g/mol. The number of hydrogen-bond acceptors (Lipinski definition) is 6. The minimum atomic E-state index is -0.791. The zero-order valence-corrected chi connectivity index (χ0v) is 18.7. The summed E-state index contributed by atoms with van der Waals surface area (Å²) in [5.41, 5.74) is 3.20. The maximum absolute atomic E-state index is 12.5. The molecule has 1 aliphatic rings. The van der Waals surface area contributed by atoms with Crippen molar-refractivity contribution >= 4 is 22.8 Å². The fourth-order valence-corrected chi connectivity index (χ4v) is 3.71. The minimum absolute atomic E-state index is 0.158. The molecule has 0 saturated heterocycles. The second kappa shape index (κ2) is 11.6. The molecule has 6 heteroatoms. The van der Waals surface area contributed by atoms with Crippen LogP contribution in [0.25, 0.3) is 28.0 Å². The molecule has 0 radical (unpaired) electrons. The highest BCUT2D eigenvalue weighted by atomic mass is 16.6. The Morgan fingerprint density at radius 3 is 2.27 bits per heavy atom. The molecule has 3 aromatic rings. The van der Waals surface area contributed by atoms with Gasteiger partial charge in [-0.3, -0.25) is 0 Å². The number of benzene rings is 3. The van der Waals surface area contributed by atoms with Crippen LogP contribution in [0.1, 0.15) is 5.56 Å². The van der Waals surface area contributed by atoms with Gasteiger partial charge in [0.1, 0.15) is 12.4 Å². The monoisotopic (exact) mass is 448 g/mol. The molecule has 0 N–H and O–H groups in total. The van der Waals surface area contributed by atoms with Crippen LogP contribution in [-0.2, 0) is 23.7 Å². The van der Waals surface area contributed by atoms with Gasteiger partial charge in [0, 0.05) is 18.1 Å². The first-order valence-electron chi connectivity index (χ1n) is 11.0. The summed E-state index contributed by atoms with van der Waals surface area (Å²) in [4.78, 5) is 12.5. The van der Waals surface area contributed by atoms with E-state index in [0.29, 0.717) is 38.8 Å². The van der Waals surface area contributed by atoms with Gasteiger partial charge in [0.15, 0.2) is 0 Å². The van der Waals surface area contributed by atoms with Gasteiger partial charge in [0.25, 0.3) is 0 Å². The highest BCUT2D eigenvalue weighted by Gasteiger charge is 2.25. The molecule has 0 bridgehead atoms. The van der Waals surface area contributed by atoms with Crippen molar-refractivity contribution in [3.63, 3.8) is 0 Å². The summed E-state index contributed by atoms with van der Waals surface area (Å²) in [6.45, 7) is 2.45. The van der Waals surface area contributed by atoms with Crippen LogP contribution in [0.15, 0.2) is 66.7 Å². The lowest BCUT2D eigenvalue weighted by molar-refractivity contribution is -0.151. The van der Waals surface area contributed by atoms with Gasteiger partial charge in [-0.1, -0.05) is 60.7 Å². The molecule has 1 atom stereocenters. The van der Waals surface area contributed by atoms with Gasteiger partial charge >= 0.3 is 5.97 Å². The van der Waals surface area contributed by atoms with Gasteiger partial charge in [-0.15, -0.1) is 0 Å². The van der Waals surface area contributed by atoms with Crippen LogP contribution in [0, 0.1) is 0 Å². The van der Waals surface area contributed by atoms with E-state index in [1.165, 1.54) is 0 Å². The van der Waals surface area contributed by atoms with Crippen LogP contribution in [0.4, 0.5) is 0 Å². The first-order valence-corrected chi connectivity index (χ1v) is 11.0. The summed E-state index contributed by atoms with van der Waals surface area (Å²) in [6.07, 6.45) is 2.87. The lowest BCUT2D eigenvalue weighted by atomic mass is 9.93. The molecule has 1 unspecified atom stereocenters. The molecule has 33 heavy (non-hydrogen) atoms. The zero-order chi connectivity index (χ0) is 22.9. The van der Waals surface area contributed by atoms with E-state index in [0.717, 1.165) is 27.5 Å². The lowest BCUT2D eigenvalue weighted by Crippen LogP contribution is -2.30. The Labute approximate surface area is 193 Å². The predicted octanol–water partition coefficient (Wildman–Crippen LogP) is 4.50. The van der Waals surface area contributed by atoms with Gasteiger partial charge in [0.05, 0.1) is 33.0 Å². The topological polar surface area (TPSA) is 63.2 Å². The van der Waals surface area contributed by atoms with E-state index in [-0.39, 0.29) is 6.61 Å². The van der Waals surface area contributed by atoms with Crippen molar-refractivity contribution in [2.45, 2.75) is 6.10 Å². The average Bonchev–Trinajstić information content (AvgIpc) is 2.87. The third kappa shape index (κ3) is 5.79. The van der Waals surface area contributed by atoms with Gasteiger partial charge in [0.2, 0.25) is 6.10 Å². The van der Waals surface area contributed by atoms with Crippen LogP contribution in [-0.4, -0.2) is 58.8 Å². The summed E-state index contributed by atoms with van der Waals surface area (Å²) >= 11 is 0. The third-order valence-corrected chi connectivity index (χ3v) is 5.31. The van der Waals surface area contributed by atoms with E-state index in [1.807, 2.05) is 42.5 Å². The maximum Gasteiger partial charge on any atom is 0.351 e. The SMILES string of the molecule is COCCOCCOCCOC(=O)C1C=Cc2cc(-c3ccccc3)c3ccccc3c2O1. The number of esters is 1. The summed E-state index contributed by atoms with van der Waals surface area (Å²) in [5.74, 6) is 0.257. The molecule has 4 rings (SSSR count). The molecular formula is C27H28O6. The van der Waals surface area contributed by atoms with Crippen molar-refractivity contribution in [1.82, 2.24) is 0 Å². The summed E-state index contributed by atoms with van der Waals surface area (Å²) in [5, 5.41) is 2.04. The number of rotatable bonds is 11. The lowest BCUT2D eigenvalue weighted by Gasteiger charge is -2.23. The fourth-order valence-electron chi connectivity index (χ4n) is 3.71. The van der Waals surface area contributed by atoms with Crippen molar-refractivity contribution < 1.29 is 28.5 Å². The molecule has 3 aromatic carbocycles. The smallest absolute Gasteiger partial charge is 0.351 e. The highest BCUT2D eigenvalue weighted by molar-refractivity contribution is 6.03. The average molecular weight is 449 g/mol. The molecule has 172 valence electrons. The maximum atomic E-state index is 12.5. The predicted molar refractivity (Wildman–Crippen MR) is 127 cm³/mol.